The minimum atomic E-state index is 0.665. The van der Waals surface area contributed by atoms with Crippen LogP contribution in [0.5, 0.6) is 0 Å². The van der Waals surface area contributed by atoms with Gasteiger partial charge in [0.2, 0.25) is 0 Å². The minimum Gasteiger partial charge on any atom is -0.192 e. The third kappa shape index (κ3) is 4.06. The van der Waals surface area contributed by atoms with Crippen molar-refractivity contribution >= 4 is 0 Å². The van der Waals surface area contributed by atoms with E-state index in [4.69, 9.17) is 5.26 Å². The Labute approximate surface area is 146 Å². The van der Waals surface area contributed by atoms with Gasteiger partial charge in [0, 0.05) is 0 Å². The van der Waals surface area contributed by atoms with E-state index >= 15 is 0 Å². The van der Waals surface area contributed by atoms with Crippen molar-refractivity contribution in [1.29, 1.82) is 5.26 Å². The first-order chi connectivity index (χ1) is 11.8. The molecule has 124 valence electrons. The largest absolute Gasteiger partial charge is 0.192 e. The number of nitriles is 1. The van der Waals surface area contributed by atoms with Crippen molar-refractivity contribution in [2.24, 2.45) is 0 Å². The van der Waals surface area contributed by atoms with Gasteiger partial charge in [-0.3, -0.25) is 0 Å². The molecule has 0 radical (unpaired) electrons. The fourth-order valence-electron chi connectivity index (χ4n) is 3.93. The molecule has 24 heavy (non-hydrogen) atoms. The maximum absolute atomic E-state index is 8.92. The maximum atomic E-state index is 8.92. The van der Waals surface area contributed by atoms with Crippen LogP contribution >= 0.6 is 0 Å². The molecule has 0 atom stereocenters. The third-order valence-electron chi connectivity index (χ3n) is 5.51. The highest BCUT2D eigenvalue weighted by atomic mass is 14.3. The Morgan fingerprint density at radius 2 is 1.33 bits per heavy atom. The molecule has 0 heterocycles. The zero-order chi connectivity index (χ0) is 16.8. The highest BCUT2D eigenvalue weighted by molar-refractivity contribution is 5.33. The highest BCUT2D eigenvalue weighted by Crippen LogP contribution is 2.40. The molecule has 0 bridgehead atoms. The summed E-state index contributed by atoms with van der Waals surface area (Å²) in [6, 6.07) is 19.8. The van der Waals surface area contributed by atoms with Gasteiger partial charge < -0.3 is 0 Å². The molecule has 1 saturated carbocycles. The number of benzene rings is 2. The van der Waals surface area contributed by atoms with Crippen LogP contribution in [0, 0.1) is 11.3 Å². The Kier molecular flexibility index (Phi) is 5.70. The summed E-state index contributed by atoms with van der Waals surface area (Å²) in [6.07, 6.45) is 8.83. The van der Waals surface area contributed by atoms with Crippen LogP contribution in [0.3, 0.4) is 0 Å². The van der Waals surface area contributed by atoms with Crippen LogP contribution in [0.1, 0.15) is 79.5 Å². The second-order valence-electron chi connectivity index (χ2n) is 7.13. The van der Waals surface area contributed by atoms with Crippen molar-refractivity contribution in [2.75, 3.05) is 0 Å². The normalized spacial score (nSPS) is 20.5. The molecular formula is C23H27N. The van der Waals surface area contributed by atoms with E-state index in [9.17, 15) is 0 Å². The van der Waals surface area contributed by atoms with Crippen LogP contribution in [0.15, 0.2) is 48.5 Å². The molecule has 0 aliphatic heterocycles. The lowest BCUT2D eigenvalue weighted by Gasteiger charge is -2.29. The monoisotopic (exact) mass is 317 g/mol. The van der Waals surface area contributed by atoms with Crippen molar-refractivity contribution in [3.63, 3.8) is 0 Å². The summed E-state index contributed by atoms with van der Waals surface area (Å²) in [5.74, 6) is 1.39. The van der Waals surface area contributed by atoms with E-state index in [1.54, 1.807) is 0 Å². The van der Waals surface area contributed by atoms with Gasteiger partial charge in [-0.2, -0.15) is 5.26 Å². The van der Waals surface area contributed by atoms with E-state index in [2.05, 4.69) is 49.4 Å². The lowest BCUT2D eigenvalue weighted by Crippen LogP contribution is -2.12. The summed E-state index contributed by atoms with van der Waals surface area (Å²) in [5, 5.41) is 8.92. The summed E-state index contributed by atoms with van der Waals surface area (Å²) >= 11 is 0. The van der Waals surface area contributed by atoms with Crippen LogP contribution in [-0.2, 0) is 6.42 Å². The van der Waals surface area contributed by atoms with Crippen molar-refractivity contribution in [1.82, 2.24) is 0 Å². The maximum Gasteiger partial charge on any atom is 0.0991 e. The molecule has 0 saturated heterocycles. The van der Waals surface area contributed by atoms with E-state index in [1.165, 1.54) is 61.6 Å². The summed E-state index contributed by atoms with van der Waals surface area (Å²) in [5.41, 5.74) is 5.17. The van der Waals surface area contributed by atoms with Gasteiger partial charge in [-0.15, -0.1) is 0 Å². The van der Waals surface area contributed by atoms with E-state index in [-0.39, 0.29) is 0 Å². The second kappa shape index (κ2) is 8.15. The van der Waals surface area contributed by atoms with Crippen molar-refractivity contribution in [3.05, 3.63) is 70.8 Å². The lowest BCUT2D eigenvalue weighted by atomic mass is 9.76. The van der Waals surface area contributed by atoms with Gasteiger partial charge in [0.25, 0.3) is 0 Å². The number of hydrogen-bond acceptors (Lipinski definition) is 1. The Morgan fingerprint density at radius 3 is 1.79 bits per heavy atom. The molecule has 0 amide bonds. The summed E-state index contributed by atoms with van der Waals surface area (Å²) in [4.78, 5) is 0. The first kappa shape index (κ1) is 16.8. The second-order valence-corrected chi connectivity index (χ2v) is 7.13. The quantitative estimate of drug-likeness (QED) is 0.631. The van der Waals surface area contributed by atoms with Gasteiger partial charge in [-0.1, -0.05) is 49.7 Å². The van der Waals surface area contributed by atoms with Gasteiger partial charge in [-0.05, 0) is 79.2 Å². The van der Waals surface area contributed by atoms with Crippen LogP contribution in [-0.4, -0.2) is 0 Å². The number of unbranched alkanes of at least 4 members (excludes halogenated alkanes) is 1. The molecule has 2 aromatic carbocycles. The van der Waals surface area contributed by atoms with Crippen molar-refractivity contribution in [3.8, 4) is 6.07 Å². The average Bonchev–Trinajstić information content (AvgIpc) is 2.67. The Balaban J connectivity index is 1.57. The SMILES string of the molecule is CCCCc1ccc([C@H]2CC[C@H](c3ccc(C#N)cc3)CC2)cc1. The topological polar surface area (TPSA) is 23.8 Å². The van der Waals surface area contributed by atoms with Crippen LogP contribution < -0.4 is 0 Å². The van der Waals surface area contributed by atoms with Crippen molar-refractivity contribution in [2.45, 2.75) is 63.7 Å². The molecule has 0 aromatic heterocycles. The molecule has 1 nitrogen and oxygen atoms in total. The number of hydrogen-bond donors (Lipinski definition) is 0. The fraction of sp³-hybridized carbons (Fsp3) is 0.435. The lowest BCUT2D eigenvalue weighted by molar-refractivity contribution is 0.396. The summed E-state index contributed by atoms with van der Waals surface area (Å²) in [7, 11) is 0. The Hall–Kier alpha value is -2.07. The predicted octanol–water partition coefficient (Wildman–Crippen LogP) is 6.34. The molecule has 0 unspecified atom stereocenters. The minimum absolute atomic E-state index is 0.665. The summed E-state index contributed by atoms with van der Waals surface area (Å²) < 4.78 is 0. The fourth-order valence-corrected chi connectivity index (χ4v) is 3.93. The standard InChI is InChI=1S/C23H27N/c1-2-3-4-18-5-9-20(10-6-18)22-13-15-23(16-14-22)21-11-7-19(17-24)8-12-21/h5-12,22-23H,2-4,13-16H2,1H3/t22-,23-. The highest BCUT2D eigenvalue weighted by Gasteiger charge is 2.23. The molecule has 2 aromatic rings. The molecule has 1 aliphatic carbocycles. The summed E-state index contributed by atoms with van der Waals surface area (Å²) in [6.45, 7) is 2.25. The molecule has 1 heteroatoms. The Morgan fingerprint density at radius 1 is 0.833 bits per heavy atom. The van der Waals surface area contributed by atoms with Crippen molar-refractivity contribution < 1.29 is 0 Å². The van der Waals surface area contributed by atoms with Crippen LogP contribution in [0.25, 0.3) is 0 Å². The van der Waals surface area contributed by atoms with Gasteiger partial charge in [0.1, 0.15) is 0 Å². The van der Waals surface area contributed by atoms with Gasteiger partial charge in [-0.25, -0.2) is 0 Å². The molecule has 1 aliphatic rings. The van der Waals surface area contributed by atoms with Gasteiger partial charge in [0.15, 0.2) is 0 Å². The van der Waals surface area contributed by atoms with E-state index < -0.39 is 0 Å². The average molecular weight is 317 g/mol. The zero-order valence-corrected chi connectivity index (χ0v) is 14.7. The van der Waals surface area contributed by atoms with E-state index in [1.807, 2.05) is 12.1 Å². The third-order valence-corrected chi connectivity index (χ3v) is 5.51. The van der Waals surface area contributed by atoms with Gasteiger partial charge >= 0.3 is 0 Å². The zero-order valence-electron chi connectivity index (χ0n) is 14.7. The van der Waals surface area contributed by atoms with Gasteiger partial charge in [0.05, 0.1) is 11.6 Å². The molecule has 0 N–H and O–H groups in total. The first-order valence-corrected chi connectivity index (χ1v) is 9.39. The Bertz CT molecular complexity index is 667. The number of rotatable bonds is 5. The van der Waals surface area contributed by atoms with E-state index in [0.29, 0.717) is 5.92 Å². The predicted molar refractivity (Wildman–Crippen MR) is 100 cm³/mol. The smallest absolute Gasteiger partial charge is 0.0991 e. The molecule has 1 fully saturated rings. The number of nitrogens with zero attached hydrogens (tertiary/aromatic N) is 1. The molecule has 0 spiro atoms. The molecule has 3 rings (SSSR count). The van der Waals surface area contributed by atoms with Crippen LogP contribution in [0.4, 0.5) is 0 Å². The molecular weight excluding hydrogens is 290 g/mol. The first-order valence-electron chi connectivity index (χ1n) is 9.39. The van der Waals surface area contributed by atoms with E-state index in [0.717, 1.165) is 11.5 Å². The van der Waals surface area contributed by atoms with Crippen LogP contribution in [0.2, 0.25) is 0 Å². The number of aryl methyl sites for hydroxylation is 1.